The van der Waals surface area contributed by atoms with Crippen molar-refractivity contribution in [2.45, 2.75) is 42.8 Å². The molecule has 2 rings (SSSR count). The molecule has 0 heterocycles. The summed E-state index contributed by atoms with van der Waals surface area (Å²) in [7, 11) is 0. The fourth-order valence-electron chi connectivity index (χ4n) is 2.55. The van der Waals surface area contributed by atoms with Gasteiger partial charge in [0.15, 0.2) is 0 Å². The van der Waals surface area contributed by atoms with E-state index in [0.29, 0.717) is 5.25 Å². The lowest BCUT2D eigenvalue weighted by Crippen LogP contribution is -2.25. The van der Waals surface area contributed by atoms with Crippen LogP contribution in [0.4, 0.5) is 4.39 Å². The summed E-state index contributed by atoms with van der Waals surface area (Å²) >= 11 is 1.74. The molecule has 1 aromatic rings. The molecule has 0 bridgehead atoms. The van der Waals surface area contributed by atoms with Crippen LogP contribution >= 0.6 is 11.8 Å². The Bertz CT molecular complexity index is 423. The highest BCUT2D eigenvalue weighted by molar-refractivity contribution is 8.00. The molecule has 3 unspecified atom stereocenters. The number of nitriles is 1. The van der Waals surface area contributed by atoms with Gasteiger partial charge in [0.2, 0.25) is 0 Å². The van der Waals surface area contributed by atoms with Gasteiger partial charge in [-0.2, -0.15) is 5.26 Å². The first-order chi connectivity index (χ1) is 8.72. The zero-order chi connectivity index (χ0) is 13.0. The molecule has 1 aliphatic rings. The minimum Gasteiger partial charge on any atom is -0.207 e. The van der Waals surface area contributed by atoms with E-state index in [4.69, 9.17) is 0 Å². The van der Waals surface area contributed by atoms with Crippen molar-refractivity contribution in [2.24, 2.45) is 11.8 Å². The second-order valence-electron chi connectivity index (χ2n) is 4.93. The Morgan fingerprint density at radius 3 is 2.67 bits per heavy atom. The summed E-state index contributed by atoms with van der Waals surface area (Å²) in [4.78, 5) is 1.07. The monoisotopic (exact) mass is 263 g/mol. The minimum absolute atomic E-state index is 0.142. The molecule has 0 saturated heterocycles. The van der Waals surface area contributed by atoms with Crippen LogP contribution in [-0.2, 0) is 0 Å². The van der Waals surface area contributed by atoms with Gasteiger partial charge in [-0.1, -0.05) is 13.3 Å². The third-order valence-electron chi connectivity index (χ3n) is 3.74. The molecule has 0 aromatic heterocycles. The molecule has 1 aliphatic carbocycles. The first-order valence-electron chi connectivity index (χ1n) is 6.54. The van der Waals surface area contributed by atoms with Crippen LogP contribution in [0.2, 0.25) is 0 Å². The van der Waals surface area contributed by atoms with E-state index in [1.54, 1.807) is 11.8 Å². The standard InChI is InChI=1S/C15H18FNS/c1-2-11-3-4-12(10-17)15(9-11)18-14-7-5-13(16)6-8-14/h5-8,11-12,15H,2-4,9H2,1H3. The average molecular weight is 263 g/mol. The first kappa shape index (κ1) is 13.4. The van der Waals surface area contributed by atoms with Crippen LogP contribution in [0.15, 0.2) is 29.2 Å². The molecule has 1 fully saturated rings. The van der Waals surface area contributed by atoms with Crippen molar-refractivity contribution in [3.05, 3.63) is 30.1 Å². The van der Waals surface area contributed by atoms with Crippen molar-refractivity contribution in [2.75, 3.05) is 0 Å². The van der Waals surface area contributed by atoms with Crippen molar-refractivity contribution in [1.29, 1.82) is 5.26 Å². The Morgan fingerprint density at radius 1 is 1.33 bits per heavy atom. The maximum atomic E-state index is 12.9. The van der Waals surface area contributed by atoms with Crippen LogP contribution in [0.5, 0.6) is 0 Å². The van der Waals surface area contributed by atoms with Crippen molar-refractivity contribution >= 4 is 11.8 Å². The van der Waals surface area contributed by atoms with Crippen LogP contribution in [0.3, 0.4) is 0 Å². The van der Waals surface area contributed by atoms with Crippen molar-refractivity contribution in [3.8, 4) is 6.07 Å². The highest BCUT2D eigenvalue weighted by Crippen LogP contribution is 2.40. The summed E-state index contributed by atoms with van der Waals surface area (Å²) < 4.78 is 12.9. The smallest absolute Gasteiger partial charge is 0.123 e. The van der Waals surface area contributed by atoms with Crippen molar-refractivity contribution < 1.29 is 4.39 Å². The van der Waals surface area contributed by atoms with Crippen LogP contribution in [0.25, 0.3) is 0 Å². The number of benzene rings is 1. The van der Waals surface area contributed by atoms with E-state index < -0.39 is 0 Å². The van der Waals surface area contributed by atoms with E-state index in [0.717, 1.165) is 23.7 Å². The van der Waals surface area contributed by atoms with Gasteiger partial charge in [-0.25, -0.2) is 4.39 Å². The number of hydrogen-bond donors (Lipinski definition) is 0. The fourth-order valence-corrected chi connectivity index (χ4v) is 3.92. The quantitative estimate of drug-likeness (QED) is 0.793. The summed E-state index contributed by atoms with van der Waals surface area (Å²) in [6.07, 6.45) is 4.48. The Balaban J connectivity index is 2.05. The van der Waals surface area contributed by atoms with Gasteiger partial charge in [-0.15, -0.1) is 11.8 Å². The lowest BCUT2D eigenvalue weighted by Gasteiger charge is -2.31. The van der Waals surface area contributed by atoms with E-state index in [-0.39, 0.29) is 11.7 Å². The largest absolute Gasteiger partial charge is 0.207 e. The Labute approximate surface area is 112 Å². The van der Waals surface area contributed by atoms with E-state index in [2.05, 4.69) is 13.0 Å². The predicted molar refractivity (Wildman–Crippen MR) is 72.8 cm³/mol. The van der Waals surface area contributed by atoms with Gasteiger partial charge in [-0.3, -0.25) is 0 Å². The molecule has 1 aromatic carbocycles. The molecule has 1 nitrogen and oxygen atoms in total. The topological polar surface area (TPSA) is 23.8 Å². The van der Waals surface area contributed by atoms with Crippen LogP contribution in [-0.4, -0.2) is 5.25 Å². The summed E-state index contributed by atoms with van der Waals surface area (Å²) in [6.45, 7) is 2.22. The summed E-state index contributed by atoms with van der Waals surface area (Å²) in [5, 5.41) is 9.58. The molecular formula is C15H18FNS. The van der Waals surface area contributed by atoms with Gasteiger partial charge >= 0.3 is 0 Å². The zero-order valence-corrected chi connectivity index (χ0v) is 11.4. The van der Waals surface area contributed by atoms with Gasteiger partial charge in [0.25, 0.3) is 0 Å². The lowest BCUT2D eigenvalue weighted by molar-refractivity contribution is 0.317. The molecule has 3 atom stereocenters. The van der Waals surface area contributed by atoms with E-state index in [1.165, 1.54) is 25.0 Å². The summed E-state index contributed by atoms with van der Waals surface area (Å²) in [6, 6.07) is 9.03. The molecule has 0 radical (unpaired) electrons. The molecule has 1 saturated carbocycles. The third kappa shape index (κ3) is 3.26. The molecule has 0 spiro atoms. The number of thioether (sulfide) groups is 1. The van der Waals surface area contributed by atoms with Crippen molar-refractivity contribution in [3.63, 3.8) is 0 Å². The number of nitrogens with zero attached hydrogens (tertiary/aromatic N) is 1. The van der Waals surface area contributed by atoms with Crippen LogP contribution in [0.1, 0.15) is 32.6 Å². The Hall–Kier alpha value is -1.01. The van der Waals surface area contributed by atoms with Gasteiger partial charge < -0.3 is 0 Å². The van der Waals surface area contributed by atoms with E-state index >= 15 is 0 Å². The third-order valence-corrected chi connectivity index (χ3v) is 5.11. The second kappa shape index (κ2) is 6.24. The highest BCUT2D eigenvalue weighted by atomic mass is 32.2. The molecule has 0 aliphatic heterocycles. The fraction of sp³-hybridized carbons (Fsp3) is 0.533. The van der Waals surface area contributed by atoms with Crippen molar-refractivity contribution in [1.82, 2.24) is 0 Å². The normalized spacial score (nSPS) is 27.7. The highest BCUT2D eigenvalue weighted by Gasteiger charge is 2.30. The van der Waals surface area contributed by atoms with Gasteiger partial charge in [0, 0.05) is 10.1 Å². The average Bonchev–Trinajstić information content (AvgIpc) is 2.41. The molecule has 3 heteroatoms. The van der Waals surface area contributed by atoms with Crippen LogP contribution in [0, 0.1) is 29.0 Å². The van der Waals surface area contributed by atoms with E-state index in [9.17, 15) is 9.65 Å². The predicted octanol–water partition coefficient (Wildman–Crippen LogP) is 4.64. The van der Waals surface area contributed by atoms with Gasteiger partial charge in [-0.05, 0) is 49.4 Å². The maximum absolute atomic E-state index is 12.9. The Morgan fingerprint density at radius 2 is 2.06 bits per heavy atom. The summed E-state index contributed by atoms with van der Waals surface area (Å²) in [5.41, 5.74) is 0. The number of rotatable bonds is 3. The maximum Gasteiger partial charge on any atom is 0.123 e. The molecule has 0 N–H and O–H groups in total. The van der Waals surface area contributed by atoms with E-state index in [1.807, 2.05) is 12.1 Å². The number of hydrogen-bond acceptors (Lipinski definition) is 2. The van der Waals surface area contributed by atoms with Crippen LogP contribution < -0.4 is 0 Å². The first-order valence-corrected chi connectivity index (χ1v) is 7.42. The molecular weight excluding hydrogens is 245 g/mol. The number of halogens is 1. The molecule has 0 amide bonds. The molecule has 18 heavy (non-hydrogen) atoms. The zero-order valence-electron chi connectivity index (χ0n) is 10.6. The molecule has 96 valence electrons. The van der Waals surface area contributed by atoms with Gasteiger partial charge in [0.1, 0.15) is 5.82 Å². The minimum atomic E-state index is -0.203. The lowest BCUT2D eigenvalue weighted by atomic mass is 9.81. The summed E-state index contributed by atoms with van der Waals surface area (Å²) in [5.74, 6) is 0.682. The SMILES string of the molecule is CCC1CCC(C#N)C(Sc2ccc(F)cc2)C1. The Kier molecular flexibility index (Phi) is 4.66. The van der Waals surface area contributed by atoms with Gasteiger partial charge in [0.05, 0.1) is 12.0 Å². The second-order valence-corrected chi connectivity index (χ2v) is 6.25.